The Labute approximate surface area is 224 Å². The van der Waals surface area contributed by atoms with Crippen molar-refractivity contribution < 1.29 is 23.4 Å². The number of rotatable bonds is 7. The summed E-state index contributed by atoms with van der Waals surface area (Å²) in [5.41, 5.74) is 1.25. The van der Waals surface area contributed by atoms with E-state index in [0.717, 1.165) is 19.0 Å². The zero-order valence-electron chi connectivity index (χ0n) is 21.9. The number of allylic oxidation sites excluding steroid dienone is 1. The number of fused-ring (bicyclic) bond motifs is 1. The minimum absolute atomic E-state index is 0.0947. The summed E-state index contributed by atoms with van der Waals surface area (Å²) in [5.74, 6) is 1.40. The Morgan fingerprint density at radius 1 is 1.21 bits per heavy atom. The maximum atomic E-state index is 13.9. The van der Waals surface area contributed by atoms with Gasteiger partial charge in [0.15, 0.2) is 10.7 Å². The number of hydrogen-bond donors (Lipinski definition) is 0. The summed E-state index contributed by atoms with van der Waals surface area (Å²) in [5, 5.41) is 0. The first-order valence-corrected chi connectivity index (χ1v) is 13.6. The van der Waals surface area contributed by atoms with Crippen molar-refractivity contribution in [2.75, 3.05) is 37.8 Å². The molecular formula is C28H31N3O6S. The lowest BCUT2D eigenvalue weighted by Gasteiger charge is -2.26. The lowest BCUT2D eigenvalue weighted by atomic mass is 9.95. The third-order valence-electron chi connectivity index (χ3n) is 6.30. The Bertz CT molecular complexity index is 1540. The number of benzene rings is 1. The number of para-hydroxylation sites is 1. The van der Waals surface area contributed by atoms with Gasteiger partial charge in [-0.3, -0.25) is 9.36 Å². The largest absolute Gasteiger partial charge is 0.491 e. The molecule has 0 amide bonds. The lowest BCUT2D eigenvalue weighted by molar-refractivity contribution is -0.139. The fourth-order valence-electron chi connectivity index (χ4n) is 4.66. The Morgan fingerprint density at radius 3 is 2.71 bits per heavy atom. The van der Waals surface area contributed by atoms with Crippen LogP contribution in [0.1, 0.15) is 45.1 Å². The molecule has 38 heavy (non-hydrogen) atoms. The monoisotopic (exact) mass is 537 g/mol. The number of carbonyl (C=O) groups excluding carboxylic acids is 1. The number of ether oxygens (including phenoxy) is 3. The van der Waals surface area contributed by atoms with Crippen LogP contribution in [0.25, 0.3) is 6.08 Å². The van der Waals surface area contributed by atoms with Crippen LogP contribution in [-0.4, -0.2) is 49.6 Å². The number of hydrogen-bond acceptors (Lipinski definition) is 9. The molecule has 0 bridgehead atoms. The van der Waals surface area contributed by atoms with Crippen molar-refractivity contribution in [2.45, 2.75) is 39.8 Å². The molecule has 1 aromatic carbocycles. The van der Waals surface area contributed by atoms with Gasteiger partial charge in [0.25, 0.3) is 5.56 Å². The van der Waals surface area contributed by atoms with Crippen LogP contribution < -0.4 is 24.5 Å². The van der Waals surface area contributed by atoms with Gasteiger partial charge in [-0.05, 0) is 39.8 Å². The number of morpholine rings is 1. The second-order valence-electron chi connectivity index (χ2n) is 9.28. The van der Waals surface area contributed by atoms with E-state index in [4.69, 9.17) is 18.6 Å². The summed E-state index contributed by atoms with van der Waals surface area (Å²) in [7, 11) is 0. The molecular weight excluding hydrogens is 506 g/mol. The molecule has 3 aromatic rings. The molecule has 2 aliphatic heterocycles. The number of esters is 1. The summed E-state index contributed by atoms with van der Waals surface area (Å²) in [6.07, 6.45) is 1.63. The minimum atomic E-state index is -0.747. The molecule has 2 aromatic heterocycles. The summed E-state index contributed by atoms with van der Waals surface area (Å²) in [6, 6.07) is 10.5. The Hall–Kier alpha value is -3.63. The first kappa shape index (κ1) is 26.0. The molecule has 0 unspecified atom stereocenters. The van der Waals surface area contributed by atoms with Gasteiger partial charge in [0.05, 0.1) is 41.7 Å². The summed E-state index contributed by atoms with van der Waals surface area (Å²) in [4.78, 5) is 34.3. The molecule has 0 spiro atoms. The molecule has 200 valence electrons. The van der Waals surface area contributed by atoms with Crippen molar-refractivity contribution in [1.29, 1.82) is 0 Å². The quantitative estimate of drug-likeness (QED) is 0.428. The van der Waals surface area contributed by atoms with Gasteiger partial charge in [-0.1, -0.05) is 29.5 Å². The van der Waals surface area contributed by atoms with Crippen LogP contribution in [0.15, 0.2) is 61.9 Å². The maximum absolute atomic E-state index is 13.9. The van der Waals surface area contributed by atoms with E-state index in [1.807, 2.05) is 50.2 Å². The Kier molecular flexibility index (Phi) is 7.53. The van der Waals surface area contributed by atoms with Crippen LogP contribution >= 0.6 is 11.3 Å². The van der Waals surface area contributed by atoms with Crippen molar-refractivity contribution in [3.63, 3.8) is 0 Å². The third-order valence-corrected chi connectivity index (χ3v) is 7.28. The molecule has 4 heterocycles. The molecule has 5 rings (SSSR count). The van der Waals surface area contributed by atoms with Gasteiger partial charge in [0.1, 0.15) is 17.6 Å². The number of thiazole rings is 1. The highest BCUT2D eigenvalue weighted by Crippen LogP contribution is 2.36. The molecule has 1 atom stereocenters. The van der Waals surface area contributed by atoms with Crippen molar-refractivity contribution in [3.05, 3.63) is 78.7 Å². The van der Waals surface area contributed by atoms with Crippen LogP contribution in [0, 0.1) is 0 Å². The lowest BCUT2D eigenvalue weighted by Crippen LogP contribution is -2.40. The van der Waals surface area contributed by atoms with Crippen LogP contribution in [0.3, 0.4) is 0 Å². The third kappa shape index (κ3) is 5.06. The van der Waals surface area contributed by atoms with Gasteiger partial charge in [-0.2, -0.15) is 0 Å². The second kappa shape index (κ2) is 11.0. The van der Waals surface area contributed by atoms with Crippen molar-refractivity contribution in [2.24, 2.45) is 4.99 Å². The number of nitrogens with zero attached hydrogens (tertiary/aromatic N) is 3. The predicted molar refractivity (Wildman–Crippen MR) is 144 cm³/mol. The van der Waals surface area contributed by atoms with Crippen LogP contribution in [-0.2, 0) is 14.3 Å². The topological polar surface area (TPSA) is 95.5 Å². The SMILES string of the molecule is CCOC(=O)C1=C(C)N=c2sc(=Cc3ccc(N4CCOCC4)o3)c(=O)n2[C@H]1c1ccccc1OC(C)C. The smallest absolute Gasteiger partial charge is 0.338 e. The van der Waals surface area contributed by atoms with Gasteiger partial charge in [0, 0.05) is 30.8 Å². The molecule has 2 aliphatic rings. The van der Waals surface area contributed by atoms with E-state index in [1.54, 1.807) is 24.5 Å². The van der Waals surface area contributed by atoms with Crippen LogP contribution in [0.4, 0.5) is 5.88 Å². The number of furan rings is 1. The second-order valence-corrected chi connectivity index (χ2v) is 10.3. The highest BCUT2D eigenvalue weighted by atomic mass is 32.1. The first-order chi connectivity index (χ1) is 18.4. The zero-order valence-corrected chi connectivity index (χ0v) is 22.7. The summed E-state index contributed by atoms with van der Waals surface area (Å²) < 4.78 is 25.0. The van der Waals surface area contributed by atoms with E-state index in [-0.39, 0.29) is 18.3 Å². The molecule has 1 fully saturated rings. The van der Waals surface area contributed by atoms with E-state index in [1.165, 1.54) is 11.3 Å². The minimum Gasteiger partial charge on any atom is -0.491 e. The zero-order chi connectivity index (χ0) is 26.8. The molecule has 0 aliphatic carbocycles. The van der Waals surface area contributed by atoms with E-state index in [0.29, 0.717) is 50.9 Å². The summed E-state index contributed by atoms with van der Waals surface area (Å²) in [6.45, 7) is 10.4. The van der Waals surface area contributed by atoms with Crippen molar-refractivity contribution in [1.82, 2.24) is 4.57 Å². The van der Waals surface area contributed by atoms with E-state index in [9.17, 15) is 9.59 Å². The highest BCUT2D eigenvalue weighted by molar-refractivity contribution is 7.07. The van der Waals surface area contributed by atoms with E-state index in [2.05, 4.69) is 9.89 Å². The number of aromatic nitrogens is 1. The molecule has 0 saturated carbocycles. The van der Waals surface area contributed by atoms with Gasteiger partial charge < -0.3 is 23.5 Å². The number of anilines is 1. The average molecular weight is 538 g/mol. The Morgan fingerprint density at radius 2 is 1.97 bits per heavy atom. The average Bonchev–Trinajstić information content (AvgIpc) is 3.48. The fourth-order valence-corrected chi connectivity index (χ4v) is 5.68. The fraction of sp³-hybridized carbons (Fsp3) is 0.393. The van der Waals surface area contributed by atoms with Gasteiger partial charge in [-0.25, -0.2) is 9.79 Å². The van der Waals surface area contributed by atoms with Crippen LogP contribution in [0.5, 0.6) is 5.75 Å². The van der Waals surface area contributed by atoms with Crippen LogP contribution in [0.2, 0.25) is 0 Å². The van der Waals surface area contributed by atoms with Gasteiger partial charge in [0.2, 0.25) is 0 Å². The summed E-state index contributed by atoms with van der Waals surface area (Å²) >= 11 is 1.26. The molecule has 9 nitrogen and oxygen atoms in total. The molecule has 0 radical (unpaired) electrons. The van der Waals surface area contributed by atoms with Crippen molar-refractivity contribution in [3.8, 4) is 5.75 Å². The van der Waals surface area contributed by atoms with Gasteiger partial charge in [-0.15, -0.1) is 0 Å². The molecule has 0 N–H and O–H groups in total. The Balaban J connectivity index is 1.64. The van der Waals surface area contributed by atoms with Gasteiger partial charge >= 0.3 is 5.97 Å². The normalized spacial score (nSPS) is 18.0. The standard InChI is InChI=1S/C28H31N3O6S/c1-5-35-27(33)24-18(4)29-28-31(25(24)20-8-6-7-9-21(20)36-17(2)3)26(32)22(38-28)16-19-10-11-23(37-19)30-12-14-34-15-13-30/h6-11,16-17,25H,5,12-15H2,1-4H3/t25-/m0/s1. The first-order valence-electron chi connectivity index (χ1n) is 12.7. The van der Waals surface area contributed by atoms with E-state index >= 15 is 0 Å². The van der Waals surface area contributed by atoms with E-state index < -0.39 is 12.0 Å². The molecule has 1 saturated heterocycles. The highest BCUT2D eigenvalue weighted by Gasteiger charge is 2.35. The van der Waals surface area contributed by atoms with Crippen molar-refractivity contribution >= 4 is 29.3 Å². The predicted octanol–water partition coefficient (Wildman–Crippen LogP) is 3.02. The maximum Gasteiger partial charge on any atom is 0.338 e. The number of carbonyl (C=O) groups is 1. The molecule has 10 heteroatoms.